The van der Waals surface area contributed by atoms with Gasteiger partial charge in [-0.3, -0.25) is 9.59 Å². The molecular weight excluding hydrogens is 370 g/mol. The Morgan fingerprint density at radius 3 is 2.30 bits per heavy atom. The number of benzene rings is 2. The minimum atomic E-state index is -0.659. The Morgan fingerprint density at radius 2 is 1.70 bits per heavy atom. The topological polar surface area (TPSA) is 73.9 Å². The molecule has 0 saturated heterocycles. The molecular formula is C20H20ClNO5. The molecule has 0 aliphatic heterocycles. The number of amides is 1. The van der Waals surface area contributed by atoms with E-state index in [1.807, 2.05) is 12.1 Å². The highest BCUT2D eigenvalue weighted by Crippen LogP contribution is 2.49. The van der Waals surface area contributed by atoms with Crippen LogP contribution < -0.4 is 14.8 Å². The number of rotatable bonds is 7. The van der Waals surface area contributed by atoms with Crippen LogP contribution in [0.3, 0.4) is 0 Å². The standard InChI is InChI=1S/C20H20ClNO5/c1-25-16-8-7-15(11-17(16)26-2)22-18(23)12-27-19(24)20(9-10-20)13-3-5-14(21)6-4-13/h3-8,11H,9-10,12H2,1-2H3,(H,22,23). The minimum absolute atomic E-state index is 0.359. The molecule has 0 unspecified atom stereocenters. The molecule has 0 bridgehead atoms. The normalized spacial score (nSPS) is 14.2. The molecule has 27 heavy (non-hydrogen) atoms. The maximum Gasteiger partial charge on any atom is 0.317 e. The molecule has 1 aliphatic carbocycles. The average molecular weight is 390 g/mol. The first-order chi connectivity index (χ1) is 13.0. The molecule has 1 amide bonds. The molecule has 1 saturated carbocycles. The second-order valence-corrected chi connectivity index (χ2v) is 6.72. The molecule has 2 aromatic rings. The van der Waals surface area contributed by atoms with Crippen molar-refractivity contribution in [2.75, 3.05) is 26.1 Å². The van der Waals surface area contributed by atoms with E-state index in [1.54, 1.807) is 30.3 Å². The summed E-state index contributed by atoms with van der Waals surface area (Å²) >= 11 is 5.90. The first kappa shape index (κ1) is 19.0. The molecule has 3 rings (SSSR count). The molecule has 1 fully saturated rings. The van der Waals surface area contributed by atoms with Gasteiger partial charge in [0.1, 0.15) is 0 Å². The molecule has 2 aromatic carbocycles. The second-order valence-electron chi connectivity index (χ2n) is 6.28. The summed E-state index contributed by atoms with van der Waals surface area (Å²) < 4.78 is 15.6. The summed E-state index contributed by atoms with van der Waals surface area (Å²) in [4.78, 5) is 24.6. The fourth-order valence-corrected chi connectivity index (χ4v) is 3.01. The van der Waals surface area contributed by atoms with Gasteiger partial charge in [0.15, 0.2) is 18.1 Å². The van der Waals surface area contributed by atoms with Gasteiger partial charge in [-0.2, -0.15) is 0 Å². The molecule has 0 heterocycles. The summed E-state index contributed by atoms with van der Waals surface area (Å²) in [6.07, 6.45) is 1.40. The molecule has 0 aromatic heterocycles. The predicted molar refractivity (Wildman–Crippen MR) is 101 cm³/mol. The van der Waals surface area contributed by atoms with Crippen LogP contribution in [0.15, 0.2) is 42.5 Å². The lowest BCUT2D eigenvalue weighted by Gasteiger charge is -2.15. The number of hydrogen-bond acceptors (Lipinski definition) is 5. The zero-order valence-corrected chi connectivity index (χ0v) is 15.8. The molecule has 6 nitrogen and oxygen atoms in total. The third kappa shape index (κ3) is 4.17. The maximum absolute atomic E-state index is 12.5. The van der Waals surface area contributed by atoms with Crippen molar-refractivity contribution in [2.24, 2.45) is 0 Å². The van der Waals surface area contributed by atoms with Crippen LogP contribution in [-0.2, 0) is 19.7 Å². The summed E-state index contributed by atoms with van der Waals surface area (Å²) in [6.45, 7) is -0.359. The van der Waals surface area contributed by atoms with Crippen LogP contribution in [0.1, 0.15) is 18.4 Å². The van der Waals surface area contributed by atoms with E-state index in [-0.39, 0.29) is 6.61 Å². The Balaban J connectivity index is 1.58. The third-order valence-electron chi connectivity index (χ3n) is 4.54. The number of carbonyl (C=O) groups excluding carboxylic acids is 2. The Labute approximate surface area is 162 Å². The lowest BCUT2D eigenvalue weighted by atomic mass is 9.96. The summed E-state index contributed by atoms with van der Waals surface area (Å²) in [5, 5.41) is 3.28. The number of anilines is 1. The van der Waals surface area contributed by atoms with Gasteiger partial charge in [-0.05, 0) is 42.7 Å². The monoisotopic (exact) mass is 389 g/mol. The largest absolute Gasteiger partial charge is 0.493 e. The Bertz CT molecular complexity index is 846. The number of halogens is 1. The van der Waals surface area contributed by atoms with E-state index in [1.165, 1.54) is 14.2 Å². The SMILES string of the molecule is COc1ccc(NC(=O)COC(=O)C2(c3ccc(Cl)cc3)CC2)cc1OC. The Hall–Kier alpha value is -2.73. The van der Waals surface area contributed by atoms with E-state index < -0.39 is 17.3 Å². The van der Waals surface area contributed by atoms with E-state index >= 15 is 0 Å². The van der Waals surface area contributed by atoms with Crippen molar-refractivity contribution in [1.82, 2.24) is 0 Å². The summed E-state index contributed by atoms with van der Waals surface area (Å²) in [5.41, 5.74) is 0.721. The summed E-state index contributed by atoms with van der Waals surface area (Å²) in [7, 11) is 3.04. The van der Waals surface area contributed by atoms with Gasteiger partial charge in [0.05, 0.1) is 19.6 Å². The second kappa shape index (κ2) is 7.88. The van der Waals surface area contributed by atoms with Crippen LogP contribution in [-0.4, -0.2) is 32.7 Å². The number of ether oxygens (including phenoxy) is 3. The average Bonchev–Trinajstić information content (AvgIpc) is 3.48. The predicted octanol–water partition coefficient (Wildman–Crippen LogP) is 3.57. The van der Waals surface area contributed by atoms with E-state index in [0.29, 0.717) is 35.1 Å². The molecule has 1 N–H and O–H groups in total. The van der Waals surface area contributed by atoms with Crippen LogP contribution in [0.25, 0.3) is 0 Å². The van der Waals surface area contributed by atoms with Crippen molar-refractivity contribution in [3.05, 3.63) is 53.1 Å². The van der Waals surface area contributed by atoms with Crippen molar-refractivity contribution >= 4 is 29.2 Å². The van der Waals surface area contributed by atoms with Crippen LogP contribution in [0, 0.1) is 0 Å². The van der Waals surface area contributed by atoms with Crippen LogP contribution >= 0.6 is 11.6 Å². The lowest BCUT2D eigenvalue weighted by Crippen LogP contribution is -2.28. The van der Waals surface area contributed by atoms with E-state index in [4.69, 9.17) is 25.8 Å². The minimum Gasteiger partial charge on any atom is -0.493 e. The zero-order chi connectivity index (χ0) is 19.4. The molecule has 0 radical (unpaired) electrons. The Morgan fingerprint density at radius 1 is 1.04 bits per heavy atom. The molecule has 142 valence electrons. The van der Waals surface area contributed by atoms with Crippen molar-refractivity contribution in [1.29, 1.82) is 0 Å². The number of esters is 1. The molecule has 0 atom stereocenters. The van der Waals surface area contributed by atoms with Gasteiger partial charge >= 0.3 is 5.97 Å². The van der Waals surface area contributed by atoms with Crippen LogP contribution in [0.5, 0.6) is 11.5 Å². The number of nitrogens with one attached hydrogen (secondary N) is 1. The van der Waals surface area contributed by atoms with Crippen molar-refractivity contribution in [2.45, 2.75) is 18.3 Å². The van der Waals surface area contributed by atoms with Crippen molar-refractivity contribution in [3.8, 4) is 11.5 Å². The molecule has 0 spiro atoms. The van der Waals surface area contributed by atoms with Gasteiger partial charge in [0.2, 0.25) is 0 Å². The molecule has 7 heteroatoms. The lowest BCUT2D eigenvalue weighted by molar-refractivity contribution is -0.150. The summed E-state index contributed by atoms with van der Waals surface area (Å²) in [6, 6.07) is 12.1. The van der Waals surface area contributed by atoms with Gasteiger partial charge in [-0.15, -0.1) is 0 Å². The fourth-order valence-electron chi connectivity index (χ4n) is 2.88. The first-order valence-electron chi connectivity index (χ1n) is 8.43. The Kier molecular flexibility index (Phi) is 5.56. The zero-order valence-electron chi connectivity index (χ0n) is 15.1. The van der Waals surface area contributed by atoms with E-state index in [9.17, 15) is 9.59 Å². The fraction of sp³-hybridized carbons (Fsp3) is 0.300. The first-order valence-corrected chi connectivity index (χ1v) is 8.81. The number of hydrogen-bond donors (Lipinski definition) is 1. The van der Waals surface area contributed by atoms with Gasteiger partial charge in [-0.25, -0.2) is 0 Å². The van der Waals surface area contributed by atoms with Gasteiger partial charge in [0, 0.05) is 16.8 Å². The van der Waals surface area contributed by atoms with Crippen molar-refractivity contribution < 1.29 is 23.8 Å². The number of carbonyl (C=O) groups is 2. The van der Waals surface area contributed by atoms with Crippen LogP contribution in [0.2, 0.25) is 5.02 Å². The maximum atomic E-state index is 12.5. The smallest absolute Gasteiger partial charge is 0.317 e. The van der Waals surface area contributed by atoms with E-state index in [0.717, 1.165) is 5.56 Å². The van der Waals surface area contributed by atoms with Crippen molar-refractivity contribution in [3.63, 3.8) is 0 Å². The highest BCUT2D eigenvalue weighted by molar-refractivity contribution is 6.30. The van der Waals surface area contributed by atoms with E-state index in [2.05, 4.69) is 5.32 Å². The molecule has 1 aliphatic rings. The highest BCUT2D eigenvalue weighted by Gasteiger charge is 2.52. The quantitative estimate of drug-likeness (QED) is 0.733. The highest BCUT2D eigenvalue weighted by atomic mass is 35.5. The third-order valence-corrected chi connectivity index (χ3v) is 4.79. The van der Waals surface area contributed by atoms with Gasteiger partial charge < -0.3 is 19.5 Å². The van der Waals surface area contributed by atoms with Gasteiger partial charge in [0.25, 0.3) is 5.91 Å². The van der Waals surface area contributed by atoms with Crippen LogP contribution in [0.4, 0.5) is 5.69 Å². The van der Waals surface area contributed by atoms with Gasteiger partial charge in [-0.1, -0.05) is 23.7 Å². The summed E-state index contributed by atoms with van der Waals surface area (Å²) in [5.74, 6) is 0.224. The number of methoxy groups -OCH3 is 2.